The van der Waals surface area contributed by atoms with Crippen LogP contribution in [0.25, 0.3) is 0 Å². The average Bonchev–Trinajstić information content (AvgIpc) is 2.44. The number of rotatable bonds is 5. The van der Waals surface area contributed by atoms with Gasteiger partial charge in [0.15, 0.2) is 0 Å². The summed E-state index contributed by atoms with van der Waals surface area (Å²) in [7, 11) is 0. The summed E-state index contributed by atoms with van der Waals surface area (Å²) in [4.78, 5) is 11.9. The number of nitrogens with one attached hydrogen (secondary N) is 2. The molecule has 0 radical (unpaired) electrons. The Hall–Kier alpha value is -1.95. The van der Waals surface area contributed by atoms with Crippen molar-refractivity contribution >= 4 is 33.2 Å². The lowest BCUT2D eigenvalue weighted by atomic mass is 10.2. The number of aryl methyl sites for hydroxylation is 1. The van der Waals surface area contributed by atoms with Crippen molar-refractivity contribution in [1.82, 2.24) is 0 Å². The first-order valence-electron chi connectivity index (χ1n) is 6.70. The molecule has 6 heteroatoms. The molecule has 0 bridgehead atoms. The van der Waals surface area contributed by atoms with Crippen LogP contribution >= 0.6 is 15.9 Å². The lowest BCUT2D eigenvalue weighted by Gasteiger charge is -2.10. The molecule has 2 aromatic carbocycles. The third kappa shape index (κ3) is 4.53. The van der Waals surface area contributed by atoms with Crippen LogP contribution < -0.4 is 10.6 Å². The van der Waals surface area contributed by atoms with E-state index in [1.165, 1.54) is 6.07 Å². The van der Waals surface area contributed by atoms with E-state index in [9.17, 15) is 13.6 Å². The smallest absolute Gasteiger partial charge is 0.226 e. The van der Waals surface area contributed by atoms with Crippen LogP contribution in [0.4, 0.5) is 20.2 Å². The number of benzene rings is 2. The van der Waals surface area contributed by atoms with Gasteiger partial charge in [0.2, 0.25) is 5.91 Å². The normalized spacial score (nSPS) is 10.4. The molecule has 0 saturated carbocycles. The van der Waals surface area contributed by atoms with Crippen LogP contribution in [0.3, 0.4) is 0 Å². The third-order valence-corrected chi connectivity index (χ3v) is 3.55. The van der Waals surface area contributed by atoms with Gasteiger partial charge < -0.3 is 10.6 Å². The summed E-state index contributed by atoms with van der Waals surface area (Å²) >= 11 is 3.36. The van der Waals surface area contributed by atoms with Gasteiger partial charge in [-0.15, -0.1) is 0 Å². The Morgan fingerprint density at radius 1 is 1.14 bits per heavy atom. The van der Waals surface area contributed by atoms with Gasteiger partial charge in [0.05, 0.1) is 5.69 Å². The zero-order chi connectivity index (χ0) is 16.1. The quantitative estimate of drug-likeness (QED) is 0.816. The van der Waals surface area contributed by atoms with E-state index in [4.69, 9.17) is 0 Å². The highest BCUT2D eigenvalue weighted by atomic mass is 79.9. The Labute approximate surface area is 135 Å². The minimum absolute atomic E-state index is 0.173. The second kappa shape index (κ2) is 7.35. The molecular formula is C16H15BrF2N2O. The predicted octanol–water partition coefficient (Wildman–Crippen LogP) is 4.48. The van der Waals surface area contributed by atoms with E-state index < -0.39 is 11.6 Å². The van der Waals surface area contributed by atoms with Crippen LogP contribution in [0.15, 0.2) is 40.9 Å². The van der Waals surface area contributed by atoms with Crippen molar-refractivity contribution in [3.8, 4) is 0 Å². The largest absolute Gasteiger partial charge is 0.382 e. The molecule has 0 unspecified atom stereocenters. The van der Waals surface area contributed by atoms with Crippen molar-refractivity contribution in [2.24, 2.45) is 0 Å². The van der Waals surface area contributed by atoms with Crippen LogP contribution in [0.5, 0.6) is 0 Å². The van der Waals surface area contributed by atoms with Gasteiger partial charge in [-0.2, -0.15) is 0 Å². The minimum atomic E-state index is -0.677. The molecule has 3 nitrogen and oxygen atoms in total. The number of anilines is 2. The molecule has 0 atom stereocenters. The Kier molecular flexibility index (Phi) is 5.49. The van der Waals surface area contributed by atoms with Gasteiger partial charge >= 0.3 is 0 Å². The molecule has 0 aromatic heterocycles. The molecule has 2 aromatic rings. The minimum Gasteiger partial charge on any atom is -0.382 e. The Morgan fingerprint density at radius 2 is 1.86 bits per heavy atom. The lowest BCUT2D eigenvalue weighted by Crippen LogP contribution is -2.17. The molecule has 116 valence electrons. The summed E-state index contributed by atoms with van der Waals surface area (Å²) < 4.78 is 27.1. The first-order chi connectivity index (χ1) is 10.5. The summed E-state index contributed by atoms with van der Waals surface area (Å²) in [6.07, 6.45) is 0.173. The molecule has 0 fully saturated rings. The molecule has 0 heterocycles. The standard InChI is InChI=1S/C16H15BrF2N2O/c1-10-8-11(17)2-4-14(10)21-16(22)6-7-20-15-5-3-12(18)9-13(15)19/h2-5,8-9,20H,6-7H2,1H3,(H,21,22). The molecule has 0 aliphatic heterocycles. The number of hydrogen-bond acceptors (Lipinski definition) is 2. The van der Waals surface area contributed by atoms with E-state index >= 15 is 0 Å². The molecule has 0 saturated heterocycles. The van der Waals surface area contributed by atoms with Crippen LogP contribution in [-0.2, 0) is 4.79 Å². The zero-order valence-electron chi connectivity index (χ0n) is 11.9. The van der Waals surface area contributed by atoms with Gasteiger partial charge in [0.1, 0.15) is 11.6 Å². The van der Waals surface area contributed by atoms with E-state index in [1.807, 2.05) is 25.1 Å². The highest BCUT2D eigenvalue weighted by Gasteiger charge is 2.07. The van der Waals surface area contributed by atoms with E-state index in [0.717, 1.165) is 27.9 Å². The summed E-state index contributed by atoms with van der Waals surface area (Å²) in [6, 6.07) is 8.83. The van der Waals surface area contributed by atoms with Gasteiger partial charge in [-0.25, -0.2) is 8.78 Å². The molecule has 0 spiro atoms. The van der Waals surface area contributed by atoms with E-state index in [1.54, 1.807) is 0 Å². The van der Waals surface area contributed by atoms with E-state index in [-0.39, 0.29) is 24.6 Å². The fourth-order valence-corrected chi connectivity index (χ4v) is 2.40. The fraction of sp³-hybridized carbons (Fsp3) is 0.188. The Bertz CT molecular complexity index is 692. The maximum absolute atomic E-state index is 13.4. The summed E-state index contributed by atoms with van der Waals surface area (Å²) in [5, 5.41) is 5.56. The van der Waals surface area contributed by atoms with Crippen LogP contribution in [0.2, 0.25) is 0 Å². The van der Waals surface area contributed by atoms with Gasteiger partial charge in [-0.3, -0.25) is 4.79 Å². The number of carbonyl (C=O) groups excluding carboxylic acids is 1. The zero-order valence-corrected chi connectivity index (χ0v) is 13.5. The second-order valence-corrected chi connectivity index (χ2v) is 5.72. The monoisotopic (exact) mass is 368 g/mol. The summed E-state index contributed by atoms with van der Waals surface area (Å²) in [5.41, 5.74) is 1.86. The summed E-state index contributed by atoms with van der Waals surface area (Å²) in [6.45, 7) is 2.15. The number of carbonyl (C=O) groups is 1. The van der Waals surface area contributed by atoms with Crippen molar-refractivity contribution in [1.29, 1.82) is 0 Å². The second-order valence-electron chi connectivity index (χ2n) is 4.81. The number of halogens is 3. The number of amides is 1. The average molecular weight is 369 g/mol. The van der Waals surface area contributed by atoms with Gasteiger partial charge in [-0.1, -0.05) is 15.9 Å². The molecule has 22 heavy (non-hydrogen) atoms. The van der Waals surface area contributed by atoms with Gasteiger partial charge in [-0.05, 0) is 42.8 Å². The fourth-order valence-electron chi connectivity index (χ4n) is 1.92. The number of hydrogen-bond donors (Lipinski definition) is 2. The van der Waals surface area contributed by atoms with Crippen LogP contribution in [0, 0.1) is 18.6 Å². The lowest BCUT2D eigenvalue weighted by molar-refractivity contribution is -0.115. The maximum Gasteiger partial charge on any atom is 0.226 e. The van der Waals surface area contributed by atoms with Crippen molar-refractivity contribution in [2.75, 3.05) is 17.2 Å². The molecular weight excluding hydrogens is 354 g/mol. The third-order valence-electron chi connectivity index (χ3n) is 3.06. The molecule has 2 N–H and O–H groups in total. The summed E-state index contributed by atoms with van der Waals surface area (Å²) in [5.74, 6) is -1.49. The predicted molar refractivity (Wildman–Crippen MR) is 87.0 cm³/mol. The van der Waals surface area contributed by atoms with Crippen molar-refractivity contribution in [2.45, 2.75) is 13.3 Å². The van der Waals surface area contributed by atoms with Crippen molar-refractivity contribution < 1.29 is 13.6 Å². The SMILES string of the molecule is Cc1cc(Br)ccc1NC(=O)CCNc1ccc(F)cc1F. The highest BCUT2D eigenvalue weighted by molar-refractivity contribution is 9.10. The first kappa shape index (κ1) is 16.4. The van der Waals surface area contributed by atoms with E-state index in [0.29, 0.717) is 0 Å². The van der Waals surface area contributed by atoms with Crippen molar-refractivity contribution in [3.63, 3.8) is 0 Å². The highest BCUT2D eigenvalue weighted by Crippen LogP contribution is 2.20. The van der Waals surface area contributed by atoms with Crippen LogP contribution in [-0.4, -0.2) is 12.5 Å². The van der Waals surface area contributed by atoms with E-state index in [2.05, 4.69) is 26.6 Å². The van der Waals surface area contributed by atoms with Crippen LogP contribution in [0.1, 0.15) is 12.0 Å². The topological polar surface area (TPSA) is 41.1 Å². The Balaban J connectivity index is 1.85. The Morgan fingerprint density at radius 3 is 2.55 bits per heavy atom. The van der Waals surface area contributed by atoms with Gasteiger partial charge in [0.25, 0.3) is 0 Å². The first-order valence-corrected chi connectivity index (χ1v) is 7.50. The molecule has 0 aliphatic rings. The molecule has 1 amide bonds. The maximum atomic E-state index is 13.4. The molecule has 2 rings (SSSR count). The van der Waals surface area contributed by atoms with Gasteiger partial charge in [0, 0.05) is 29.2 Å². The van der Waals surface area contributed by atoms with Crippen molar-refractivity contribution in [3.05, 3.63) is 58.1 Å². The molecule has 0 aliphatic carbocycles.